The Morgan fingerprint density at radius 3 is 2.10 bits per heavy atom. The molecule has 1 aliphatic rings. The standard InChI is InChI=1S/C25H24F6N10O/c26-24(27,28)19-7-9-40(38-19)17-6-5-13(11-18(17)41-10-8-20(39-41)25(29,30)31)35-22-14(21(33)42)12-34-23(37-22)36-16-4-2-1-3-15(16)32/h5-12,15-16H,1-4,32H2,(H2,33,42)(H2,34,35,36,37). The number of carbonyl (C=O) groups is 1. The third-order valence-corrected chi connectivity index (χ3v) is 6.68. The molecule has 3 heterocycles. The van der Waals surface area contributed by atoms with Gasteiger partial charge in [-0.1, -0.05) is 12.8 Å². The summed E-state index contributed by atoms with van der Waals surface area (Å²) >= 11 is 0. The zero-order valence-electron chi connectivity index (χ0n) is 21.6. The molecular weight excluding hydrogens is 570 g/mol. The molecule has 0 radical (unpaired) electrons. The zero-order valence-corrected chi connectivity index (χ0v) is 21.6. The van der Waals surface area contributed by atoms with Crippen molar-refractivity contribution in [1.29, 1.82) is 0 Å². The van der Waals surface area contributed by atoms with Gasteiger partial charge in [0.15, 0.2) is 11.4 Å². The van der Waals surface area contributed by atoms with Crippen molar-refractivity contribution in [3.63, 3.8) is 0 Å². The molecular formula is C25H24F6N10O. The normalized spacial score (nSPS) is 17.7. The van der Waals surface area contributed by atoms with Crippen LogP contribution in [0.3, 0.4) is 0 Å². The van der Waals surface area contributed by atoms with Crippen molar-refractivity contribution in [2.45, 2.75) is 50.1 Å². The lowest BCUT2D eigenvalue weighted by Gasteiger charge is -2.29. The highest BCUT2D eigenvalue weighted by atomic mass is 19.4. The lowest BCUT2D eigenvalue weighted by Crippen LogP contribution is -2.43. The highest BCUT2D eigenvalue weighted by Crippen LogP contribution is 2.32. The van der Waals surface area contributed by atoms with Gasteiger partial charge in [-0.2, -0.15) is 41.5 Å². The maximum Gasteiger partial charge on any atom is 0.435 e. The predicted molar refractivity (Wildman–Crippen MR) is 138 cm³/mol. The SMILES string of the molecule is NC(=O)c1cnc(NC2CCCCC2N)nc1Nc1ccc(-n2ccc(C(F)(F)F)n2)c(-n2ccc(C(F)(F)F)n2)c1. The van der Waals surface area contributed by atoms with Gasteiger partial charge in [0.1, 0.15) is 11.4 Å². The van der Waals surface area contributed by atoms with Gasteiger partial charge in [0.2, 0.25) is 5.95 Å². The second-order valence-electron chi connectivity index (χ2n) is 9.63. The van der Waals surface area contributed by atoms with E-state index in [0.717, 1.165) is 59.6 Å². The first-order chi connectivity index (χ1) is 19.8. The molecule has 1 amide bonds. The molecule has 1 aromatic carbocycles. The molecule has 1 aliphatic carbocycles. The minimum absolute atomic E-state index is 0.0145. The van der Waals surface area contributed by atoms with E-state index < -0.39 is 29.6 Å². The van der Waals surface area contributed by atoms with Gasteiger partial charge < -0.3 is 22.1 Å². The number of nitrogens with two attached hydrogens (primary N) is 2. The molecule has 1 saturated carbocycles. The van der Waals surface area contributed by atoms with Crippen molar-refractivity contribution in [2.24, 2.45) is 11.5 Å². The van der Waals surface area contributed by atoms with Crippen LogP contribution >= 0.6 is 0 Å². The summed E-state index contributed by atoms with van der Waals surface area (Å²) in [6.45, 7) is 0. The lowest BCUT2D eigenvalue weighted by atomic mass is 9.91. The van der Waals surface area contributed by atoms with Crippen LogP contribution in [0, 0.1) is 0 Å². The van der Waals surface area contributed by atoms with Crippen molar-refractivity contribution >= 4 is 23.4 Å². The fourth-order valence-corrected chi connectivity index (χ4v) is 4.57. The van der Waals surface area contributed by atoms with Crippen LogP contribution in [0.25, 0.3) is 11.4 Å². The van der Waals surface area contributed by atoms with E-state index >= 15 is 0 Å². The molecule has 0 bridgehead atoms. The van der Waals surface area contributed by atoms with Crippen molar-refractivity contribution in [2.75, 3.05) is 10.6 Å². The van der Waals surface area contributed by atoms with Gasteiger partial charge in [-0.25, -0.2) is 14.3 Å². The molecule has 2 unspecified atom stereocenters. The topological polar surface area (TPSA) is 155 Å². The number of hydrogen-bond acceptors (Lipinski definition) is 8. The molecule has 0 saturated heterocycles. The molecule has 2 atom stereocenters. The Kier molecular flexibility index (Phi) is 7.53. The third kappa shape index (κ3) is 6.14. The third-order valence-electron chi connectivity index (χ3n) is 6.68. The molecule has 222 valence electrons. The second-order valence-corrected chi connectivity index (χ2v) is 9.63. The number of carbonyl (C=O) groups excluding carboxylic acids is 1. The Morgan fingerprint density at radius 1 is 0.905 bits per heavy atom. The Hall–Kier alpha value is -4.67. The Labute approximate surface area is 233 Å². The molecule has 17 heteroatoms. The summed E-state index contributed by atoms with van der Waals surface area (Å²) in [7, 11) is 0. The summed E-state index contributed by atoms with van der Waals surface area (Å²) < 4.78 is 81.2. The van der Waals surface area contributed by atoms with E-state index in [1.807, 2.05) is 0 Å². The van der Waals surface area contributed by atoms with Crippen molar-refractivity contribution < 1.29 is 31.1 Å². The van der Waals surface area contributed by atoms with Gasteiger partial charge in [0.25, 0.3) is 5.91 Å². The number of amides is 1. The number of benzene rings is 1. The fraction of sp³-hybridized carbons (Fsp3) is 0.320. The van der Waals surface area contributed by atoms with E-state index in [4.69, 9.17) is 11.5 Å². The van der Waals surface area contributed by atoms with Crippen LogP contribution in [-0.2, 0) is 12.4 Å². The maximum atomic E-state index is 13.3. The molecule has 42 heavy (non-hydrogen) atoms. The average Bonchev–Trinajstić information content (AvgIpc) is 3.61. The Morgan fingerprint density at radius 2 is 1.52 bits per heavy atom. The van der Waals surface area contributed by atoms with E-state index in [1.54, 1.807) is 0 Å². The average molecular weight is 595 g/mol. The monoisotopic (exact) mass is 594 g/mol. The smallest absolute Gasteiger partial charge is 0.365 e. The number of nitrogens with one attached hydrogen (secondary N) is 2. The second kappa shape index (κ2) is 11.0. The molecule has 0 aliphatic heterocycles. The lowest BCUT2D eigenvalue weighted by molar-refractivity contribution is -0.142. The number of hydrogen-bond donors (Lipinski definition) is 4. The van der Waals surface area contributed by atoms with Crippen molar-refractivity contribution in [3.8, 4) is 11.4 Å². The van der Waals surface area contributed by atoms with Gasteiger partial charge in [-0.3, -0.25) is 4.79 Å². The molecule has 1 fully saturated rings. The van der Waals surface area contributed by atoms with Crippen LogP contribution in [0.4, 0.5) is 43.8 Å². The van der Waals surface area contributed by atoms with Gasteiger partial charge in [0, 0.05) is 36.4 Å². The van der Waals surface area contributed by atoms with Crippen LogP contribution in [0.2, 0.25) is 0 Å². The van der Waals surface area contributed by atoms with Gasteiger partial charge in [0.05, 0.1) is 11.4 Å². The number of anilines is 3. The highest BCUT2D eigenvalue weighted by molar-refractivity contribution is 5.98. The number of rotatable bonds is 7. The molecule has 4 aromatic rings. The predicted octanol–water partition coefficient (Wildman–Crippen LogP) is 4.41. The highest BCUT2D eigenvalue weighted by Gasteiger charge is 2.35. The molecule has 6 N–H and O–H groups in total. The van der Waals surface area contributed by atoms with Crippen molar-refractivity contribution in [1.82, 2.24) is 29.5 Å². The maximum absolute atomic E-state index is 13.3. The molecule has 11 nitrogen and oxygen atoms in total. The minimum Gasteiger partial charge on any atom is -0.365 e. The first-order valence-electron chi connectivity index (χ1n) is 12.7. The molecule has 0 spiro atoms. The summed E-state index contributed by atoms with van der Waals surface area (Å²) in [5, 5.41) is 13.1. The molecule has 3 aromatic heterocycles. The van der Waals surface area contributed by atoms with Crippen LogP contribution in [-0.4, -0.2) is 47.5 Å². The number of primary amides is 1. The summed E-state index contributed by atoms with van der Waals surface area (Å²) in [6, 6.07) is 5.28. The van der Waals surface area contributed by atoms with Gasteiger partial charge in [-0.15, -0.1) is 0 Å². The van der Waals surface area contributed by atoms with E-state index in [9.17, 15) is 31.1 Å². The van der Waals surface area contributed by atoms with Crippen LogP contribution in [0.1, 0.15) is 47.4 Å². The van der Waals surface area contributed by atoms with Crippen molar-refractivity contribution in [3.05, 3.63) is 65.9 Å². The van der Waals surface area contributed by atoms with E-state index in [-0.39, 0.29) is 46.5 Å². The van der Waals surface area contributed by atoms with Crippen LogP contribution in [0.15, 0.2) is 48.9 Å². The van der Waals surface area contributed by atoms with Crippen LogP contribution < -0.4 is 22.1 Å². The summed E-state index contributed by atoms with van der Waals surface area (Å²) in [5.74, 6) is -0.703. The quantitative estimate of drug-likeness (QED) is 0.230. The fourth-order valence-electron chi connectivity index (χ4n) is 4.57. The minimum atomic E-state index is -4.77. The first kappa shape index (κ1) is 28.8. The first-order valence-corrected chi connectivity index (χ1v) is 12.7. The number of halogens is 6. The molecule has 5 rings (SSSR count). The van der Waals surface area contributed by atoms with E-state index in [0.29, 0.717) is 0 Å². The summed E-state index contributed by atoms with van der Waals surface area (Å²) in [4.78, 5) is 20.6. The Bertz CT molecular complexity index is 1590. The van der Waals surface area contributed by atoms with Gasteiger partial charge in [-0.05, 0) is 43.2 Å². The zero-order chi connectivity index (χ0) is 30.2. The number of aromatic nitrogens is 6. The van der Waals surface area contributed by atoms with Gasteiger partial charge >= 0.3 is 12.4 Å². The largest absolute Gasteiger partial charge is 0.435 e. The van der Waals surface area contributed by atoms with Crippen LogP contribution in [0.5, 0.6) is 0 Å². The Balaban J connectivity index is 1.54. The van der Waals surface area contributed by atoms with E-state index in [2.05, 4.69) is 30.8 Å². The summed E-state index contributed by atoms with van der Waals surface area (Å²) in [5.41, 5.74) is 9.33. The number of nitrogens with zero attached hydrogens (tertiary/aromatic N) is 6. The number of alkyl halides is 6. The summed E-state index contributed by atoms with van der Waals surface area (Å²) in [6.07, 6.45) is -2.68. The van der Waals surface area contributed by atoms with E-state index in [1.165, 1.54) is 24.4 Å².